The Morgan fingerprint density at radius 2 is 2.15 bits per heavy atom. The van der Waals surface area contributed by atoms with Crippen LogP contribution in [-0.2, 0) is 17.8 Å². The number of aromatic nitrogens is 1. The summed E-state index contributed by atoms with van der Waals surface area (Å²) in [6.45, 7) is 2.41. The number of fused-ring (bicyclic) bond motifs is 1. The van der Waals surface area contributed by atoms with Gasteiger partial charge in [0.1, 0.15) is 0 Å². The highest BCUT2D eigenvalue weighted by molar-refractivity contribution is 5.83. The van der Waals surface area contributed by atoms with Gasteiger partial charge in [-0.05, 0) is 11.6 Å². The summed E-state index contributed by atoms with van der Waals surface area (Å²) < 4.78 is 7.00. The summed E-state index contributed by atoms with van der Waals surface area (Å²) in [5.41, 5.74) is 2.25. The monoisotopic (exact) mass is 278 g/mol. The summed E-state index contributed by atoms with van der Waals surface area (Å²) in [5, 5.41) is 23.1. The van der Waals surface area contributed by atoms with Gasteiger partial charge in [0.25, 0.3) is 0 Å². The number of ether oxygens (including phenoxy) is 1. The molecule has 0 saturated carbocycles. The quantitative estimate of drug-likeness (QED) is 0.623. The minimum Gasteiger partial charge on any atom is -0.394 e. The van der Waals surface area contributed by atoms with Gasteiger partial charge in [-0.15, -0.1) is 0 Å². The number of hydrogen-bond donors (Lipinski definition) is 3. The van der Waals surface area contributed by atoms with Crippen molar-refractivity contribution in [2.45, 2.75) is 19.2 Å². The Morgan fingerprint density at radius 1 is 1.35 bits per heavy atom. The zero-order valence-corrected chi connectivity index (χ0v) is 11.7. The van der Waals surface area contributed by atoms with E-state index in [1.807, 2.05) is 29.0 Å². The first kappa shape index (κ1) is 15.0. The topological polar surface area (TPSA) is 66.7 Å². The first-order valence-corrected chi connectivity index (χ1v) is 6.81. The zero-order chi connectivity index (χ0) is 14.4. The molecule has 0 aliphatic heterocycles. The van der Waals surface area contributed by atoms with Crippen LogP contribution < -0.4 is 5.32 Å². The van der Waals surface area contributed by atoms with Crippen molar-refractivity contribution < 1.29 is 14.9 Å². The summed E-state index contributed by atoms with van der Waals surface area (Å²) in [4.78, 5) is 0. The van der Waals surface area contributed by atoms with E-state index in [9.17, 15) is 5.11 Å². The maximum atomic E-state index is 9.62. The molecule has 2 aromatic rings. The van der Waals surface area contributed by atoms with E-state index in [0.717, 1.165) is 18.6 Å². The van der Waals surface area contributed by atoms with E-state index in [1.165, 1.54) is 10.9 Å². The summed E-state index contributed by atoms with van der Waals surface area (Å²) >= 11 is 0. The van der Waals surface area contributed by atoms with Crippen LogP contribution in [0.15, 0.2) is 30.5 Å². The Bertz CT molecular complexity index is 539. The van der Waals surface area contributed by atoms with E-state index in [4.69, 9.17) is 9.84 Å². The van der Waals surface area contributed by atoms with Crippen LogP contribution in [0.2, 0.25) is 0 Å². The molecule has 20 heavy (non-hydrogen) atoms. The predicted octanol–water partition coefficient (Wildman–Crippen LogP) is 0.730. The largest absolute Gasteiger partial charge is 0.394 e. The van der Waals surface area contributed by atoms with Crippen LogP contribution in [0, 0.1) is 0 Å². The van der Waals surface area contributed by atoms with E-state index in [0.29, 0.717) is 13.2 Å². The molecule has 0 spiro atoms. The average molecular weight is 278 g/mol. The molecule has 1 atom stereocenters. The van der Waals surface area contributed by atoms with Gasteiger partial charge in [0.15, 0.2) is 0 Å². The standard InChI is InChI=1S/C15H22N2O3/c1-20-7-6-16-8-12-9-17(10-13(19)11-18)15-5-3-2-4-14(12)15/h2-5,9,13,16,18-19H,6-8,10-11H2,1H3. The normalized spacial score (nSPS) is 12.9. The van der Waals surface area contributed by atoms with Crippen LogP contribution in [0.4, 0.5) is 0 Å². The molecule has 0 bridgehead atoms. The lowest BCUT2D eigenvalue weighted by Gasteiger charge is -2.09. The fraction of sp³-hybridized carbons (Fsp3) is 0.467. The van der Waals surface area contributed by atoms with Gasteiger partial charge in [-0.1, -0.05) is 18.2 Å². The van der Waals surface area contributed by atoms with Crippen molar-refractivity contribution in [2.24, 2.45) is 0 Å². The number of nitrogens with zero attached hydrogens (tertiary/aromatic N) is 1. The van der Waals surface area contributed by atoms with Crippen LogP contribution in [0.3, 0.4) is 0 Å². The van der Waals surface area contributed by atoms with Crippen LogP contribution in [-0.4, -0.2) is 47.8 Å². The van der Waals surface area contributed by atoms with Gasteiger partial charge >= 0.3 is 0 Å². The lowest BCUT2D eigenvalue weighted by molar-refractivity contribution is 0.0822. The maximum Gasteiger partial charge on any atom is 0.0949 e. The van der Waals surface area contributed by atoms with Crippen LogP contribution in [0.25, 0.3) is 10.9 Å². The second-order valence-corrected chi connectivity index (χ2v) is 4.83. The molecule has 0 amide bonds. The lowest BCUT2D eigenvalue weighted by atomic mass is 10.2. The molecule has 1 aromatic carbocycles. The second-order valence-electron chi connectivity index (χ2n) is 4.83. The third kappa shape index (κ3) is 3.58. The molecular formula is C15H22N2O3. The van der Waals surface area contributed by atoms with Gasteiger partial charge < -0.3 is 24.8 Å². The first-order chi connectivity index (χ1) is 9.76. The molecule has 5 heteroatoms. The Labute approximate surface area is 118 Å². The highest BCUT2D eigenvalue weighted by Gasteiger charge is 2.10. The number of aliphatic hydroxyl groups excluding tert-OH is 2. The molecule has 0 saturated heterocycles. The second kappa shape index (κ2) is 7.40. The number of nitrogens with one attached hydrogen (secondary N) is 1. The Balaban J connectivity index is 2.17. The van der Waals surface area contributed by atoms with Crippen LogP contribution >= 0.6 is 0 Å². The molecule has 5 nitrogen and oxygen atoms in total. The molecule has 0 radical (unpaired) electrons. The SMILES string of the molecule is COCCNCc1cn(CC(O)CO)c2ccccc12. The Morgan fingerprint density at radius 3 is 2.90 bits per heavy atom. The van der Waals surface area contributed by atoms with Gasteiger partial charge in [-0.25, -0.2) is 0 Å². The van der Waals surface area contributed by atoms with Crippen molar-refractivity contribution >= 4 is 10.9 Å². The Hall–Kier alpha value is -1.40. The van der Waals surface area contributed by atoms with E-state index < -0.39 is 6.10 Å². The van der Waals surface area contributed by atoms with Gasteiger partial charge in [0.05, 0.1) is 25.9 Å². The summed E-state index contributed by atoms with van der Waals surface area (Å²) in [6, 6.07) is 8.09. The molecule has 110 valence electrons. The minimum absolute atomic E-state index is 0.228. The van der Waals surface area contributed by atoms with Crippen molar-refractivity contribution in [1.29, 1.82) is 0 Å². The summed E-state index contributed by atoms with van der Waals surface area (Å²) in [7, 11) is 1.68. The Kier molecular flexibility index (Phi) is 5.55. The third-order valence-corrected chi connectivity index (χ3v) is 3.29. The molecule has 0 fully saturated rings. The summed E-state index contributed by atoms with van der Waals surface area (Å²) in [5.74, 6) is 0. The molecule has 1 heterocycles. The number of para-hydroxylation sites is 1. The molecule has 2 rings (SSSR count). The number of hydrogen-bond acceptors (Lipinski definition) is 4. The average Bonchev–Trinajstić information content (AvgIpc) is 2.82. The summed E-state index contributed by atoms with van der Waals surface area (Å²) in [6.07, 6.45) is 1.30. The molecule has 0 aliphatic rings. The van der Waals surface area contributed by atoms with Crippen molar-refractivity contribution in [3.05, 3.63) is 36.0 Å². The molecular weight excluding hydrogens is 256 g/mol. The number of aliphatic hydroxyl groups is 2. The highest BCUT2D eigenvalue weighted by atomic mass is 16.5. The van der Waals surface area contributed by atoms with E-state index >= 15 is 0 Å². The third-order valence-electron chi connectivity index (χ3n) is 3.29. The van der Waals surface area contributed by atoms with Crippen molar-refractivity contribution in [2.75, 3.05) is 26.9 Å². The number of benzene rings is 1. The van der Waals surface area contributed by atoms with Crippen molar-refractivity contribution in [1.82, 2.24) is 9.88 Å². The van der Waals surface area contributed by atoms with Crippen molar-refractivity contribution in [3.8, 4) is 0 Å². The van der Waals surface area contributed by atoms with Gasteiger partial charge in [-0.3, -0.25) is 0 Å². The predicted molar refractivity (Wildman–Crippen MR) is 78.6 cm³/mol. The number of methoxy groups -OCH3 is 1. The van der Waals surface area contributed by atoms with E-state index in [1.54, 1.807) is 7.11 Å². The smallest absolute Gasteiger partial charge is 0.0949 e. The first-order valence-electron chi connectivity index (χ1n) is 6.81. The van der Waals surface area contributed by atoms with Crippen LogP contribution in [0.1, 0.15) is 5.56 Å². The fourth-order valence-corrected chi connectivity index (χ4v) is 2.30. The van der Waals surface area contributed by atoms with E-state index in [2.05, 4.69) is 11.4 Å². The van der Waals surface area contributed by atoms with Crippen molar-refractivity contribution in [3.63, 3.8) is 0 Å². The minimum atomic E-state index is -0.736. The highest BCUT2D eigenvalue weighted by Crippen LogP contribution is 2.21. The zero-order valence-electron chi connectivity index (χ0n) is 11.7. The van der Waals surface area contributed by atoms with Gasteiger partial charge in [0.2, 0.25) is 0 Å². The van der Waals surface area contributed by atoms with Crippen LogP contribution in [0.5, 0.6) is 0 Å². The molecule has 1 unspecified atom stereocenters. The molecule has 0 aliphatic carbocycles. The van der Waals surface area contributed by atoms with E-state index in [-0.39, 0.29) is 6.61 Å². The van der Waals surface area contributed by atoms with Gasteiger partial charge in [-0.2, -0.15) is 0 Å². The van der Waals surface area contributed by atoms with Gasteiger partial charge in [0, 0.05) is 37.3 Å². The fourth-order valence-electron chi connectivity index (χ4n) is 2.30. The lowest BCUT2D eigenvalue weighted by Crippen LogP contribution is -2.19. The number of rotatable bonds is 8. The molecule has 3 N–H and O–H groups in total. The maximum absolute atomic E-state index is 9.62. The molecule has 1 aromatic heterocycles.